The second-order valence-corrected chi connectivity index (χ2v) is 4.63. The molecule has 0 saturated heterocycles. The highest BCUT2D eigenvalue weighted by Crippen LogP contribution is 2.26. The van der Waals surface area contributed by atoms with E-state index in [4.69, 9.17) is 0 Å². The predicted octanol–water partition coefficient (Wildman–Crippen LogP) is 3.30. The Kier molecular flexibility index (Phi) is 3.43. The maximum Gasteiger partial charge on any atom is 0.274 e. The van der Waals surface area contributed by atoms with Crippen LogP contribution >= 0.6 is 0 Å². The molecule has 21 heavy (non-hydrogen) atoms. The Hall–Kier alpha value is -3.01. The number of anilines is 1. The third kappa shape index (κ3) is 2.65. The van der Waals surface area contributed by atoms with Crippen LogP contribution in [-0.2, 0) is 0 Å². The number of fused-ring (bicyclic) bond motifs is 1. The Balaban J connectivity index is 1.89. The van der Waals surface area contributed by atoms with Crippen molar-refractivity contribution in [3.8, 4) is 5.75 Å². The maximum absolute atomic E-state index is 12.3. The predicted molar refractivity (Wildman–Crippen MR) is 83.1 cm³/mol. The van der Waals surface area contributed by atoms with Crippen LogP contribution in [0.15, 0.2) is 66.7 Å². The van der Waals surface area contributed by atoms with Gasteiger partial charge in [-0.3, -0.25) is 15.6 Å². The number of aromatic hydroxyl groups is 1. The first kappa shape index (κ1) is 13.0. The number of benzene rings is 3. The van der Waals surface area contributed by atoms with Crippen LogP contribution in [0.3, 0.4) is 0 Å². The van der Waals surface area contributed by atoms with E-state index in [1.165, 1.54) is 6.07 Å². The number of hydrogen-bond donors (Lipinski definition) is 3. The summed E-state index contributed by atoms with van der Waals surface area (Å²) in [6.07, 6.45) is 0. The monoisotopic (exact) mass is 278 g/mol. The van der Waals surface area contributed by atoms with Gasteiger partial charge in [-0.2, -0.15) is 0 Å². The summed E-state index contributed by atoms with van der Waals surface area (Å²) in [5.74, 6) is -0.422. The molecule has 0 aliphatic rings. The Bertz CT molecular complexity index is 785. The zero-order valence-electron chi connectivity index (χ0n) is 11.2. The van der Waals surface area contributed by atoms with E-state index in [1.54, 1.807) is 6.07 Å². The fourth-order valence-corrected chi connectivity index (χ4v) is 2.21. The Morgan fingerprint density at radius 1 is 0.857 bits per heavy atom. The lowest BCUT2D eigenvalue weighted by Gasteiger charge is -2.11. The first-order valence-corrected chi connectivity index (χ1v) is 6.58. The van der Waals surface area contributed by atoms with E-state index in [-0.39, 0.29) is 17.2 Å². The average molecular weight is 278 g/mol. The van der Waals surface area contributed by atoms with Crippen molar-refractivity contribution in [1.82, 2.24) is 5.43 Å². The quantitative estimate of drug-likeness (QED) is 0.644. The molecule has 104 valence electrons. The number of carbonyl (C=O) groups excluding carboxylic acids is 1. The second-order valence-electron chi connectivity index (χ2n) is 4.63. The van der Waals surface area contributed by atoms with Crippen molar-refractivity contribution in [2.75, 3.05) is 5.43 Å². The third-order valence-corrected chi connectivity index (χ3v) is 3.23. The van der Waals surface area contributed by atoms with E-state index < -0.39 is 0 Å². The first-order valence-electron chi connectivity index (χ1n) is 6.58. The zero-order chi connectivity index (χ0) is 14.7. The van der Waals surface area contributed by atoms with Crippen molar-refractivity contribution in [2.45, 2.75) is 0 Å². The fraction of sp³-hybridized carbons (Fsp3) is 0. The molecule has 0 radical (unpaired) electrons. The molecule has 4 heteroatoms. The maximum atomic E-state index is 12.3. The molecule has 3 rings (SSSR count). The topological polar surface area (TPSA) is 61.4 Å². The van der Waals surface area contributed by atoms with Crippen LogP contribution in [0.2, 0.25) is 0 Å². The number of rotatable bonds is 3. The molecule has 0 heterocycles. The average Bonchev–Trinajstić information content (AvgIpc) is 2.53. The van der Waals surface area contributed by atoms with Gasteiger partial charge in [-0.1, -0.05) is 48.5 Å². The highest BCUT2D eigenvalue weighted by molar-refractivity contribution is 6.09. The van der Waals surface area contributed by atoms with E-state index in [1.807, 2.05) is 54.6 Å². The second kappa shape index (κ2) is 5.54. The first-order chi connectivity index (χ1) is 10.3. The number of phenolic OH excluding ortho intramolecular Hbond substituents is 1. The smallest absolute Gasteiger partial charge is 0.274 e. The molecule has 0 unspecified atom stereocenters. The van der Waals surface area contributed by atoms with Crippen molar-refractivity contribution >= 4 is 22.4 Å². The van der Waals surface area contributed by atoms with Gasteiger partial charge in [0.1, 0.15) is 5.75 Å². The normalized spacial score (nSPS) is 10.3. The van der Waals surface area contributed by atoms with Crippen LogP contribution in [0.4, 0.5) is 5.69 Å². The molecule has 0 aromatic heterocycles. The molecular formula is C17H14N2O2. The standard InChI is InChI=1S/C17H14N2O2/c20-15-11-10-12-6-4-5-9-14(12)16(15)17(21)19-18-13-7-2-1-3-8-13/h1-11,18,20H,(H,19,21). The van der Waals surface area contributed by atoms with Crippen LogP contribution in [0.5, 0.6) is 5.75 Å². The molecule has 3 aromatic rings. The van der Waals surface area contributed by atoms with Crippen LogP contribution in [0, 0.1) is 0 Å². The van der Waals surface area contributed by atoms with Crippen molar-refractivity contribution in [2.24, 2.45) is 0 Å². The van der Waals surface area contributed by atoms with Gasteiger partial charge in [0, 0.05) is 0 Å². The molecule has 3 aromatic carbocycles. The summed E-state index contributed by atoms with van der Waals surface area (Å²) in [5.41, 5.74) is 6.45. The van der Waals surface area contributed by atoms with Crippen molar-refractivity contribution in [1.29, 1.82) is 0 Å². The number of phenols is 1. The minimum absolute atomic E-state index is 0.0407. The summed E-state index contributed by atoms with van der Waals surface area (Å²) in [4.78, 5) is 12.3. The van der Waals surface area contributed by atoms with Gasteiger partial charge in [-0.05, 0) is 29.0 Å². The number of nitrogens with one attached hydrogen (secondary N) is 2. The van der Waals surface area contributed by atoms with Gasteiger partial charge in [0.15, 0.2) is 0 Å². The Morgan fingerprint density at radius 3 is 2.38 bits per heavy atom. The minimum atomic E-state index is -0.381. The van der Waals surface area contributed by atoms with E-state index in [0.29, 0.717) is 5.39 Å². The van der Waals surface area contributed by atoms with Gasteiger partial charge >= 0.3 is 0 Å². The van der Waals surface area contributed by atoms with Crippen molar-refractivity contribution < 1.29 is 9.90 Å². The van der Waals surface area contributed by atoms with Gasteiger partial charge in [0.05, 0.1) is 11.3 Å². The van der Waals surface area contributed by atoms with E-state index in [9.17, 15) is 9.90 Å². The summed E-state index contributed by atoms with van der Waals surface area (Å²) in [6, 6.07) is 20.0. The Morgan fingerprint density at radius 2 is 1.57 bits per heavy atom. The number of amides is 1. The summed E-state index contributed by atoms with van der Waals surface area (Å²) in [6.45, 7) is 0. The zero-order valence-corrected chi connectivity index (χ0v) is 11.2. The molecule has 0 aliphatic carbocycles. The van der Waals surface area contributed by atoms with E-state index >= 15 is 0 Å². The van der Waals surface area contributed by atoms with E-state index in [0.717, 1.165) is 11.1 Å². The Labute approximate surface area is 122 Å². The fourth-order valence-electron chi connectivity index (χ4n) is 2.21. The van der Waals surface area contributed by atoms with Gasteiger partial charge < -0.3 is 5.11 Å². The molecule has 1 amide bonds. The highest BCUT2D eigenvalue weighted by atomic mass is 16.3. The molecule has 0 aliphatic heterocycles. The third-order valence-electron chi connectivity index (χ3n) is 3.23. The lowest BCUT2D eigenvalue weighted by Crippen LogP contribution is -2.29. The largest absolute Gasteiger partial charge is 0.507 e. The molecule has 0 bridgehead atoms. The van der Waals surface area contributed by atoms with Crippen LogP contribution in [-0.4, -0.2) is 11.0 Å². The lowest BCUT2D eigenvalue weighted by molar-refractivity contribution is 0.0962. The van der Waals surface area contributed by atoms with Crippen molar-refractivity contribution in [3.05, 3.63) is 72.3 Å². The number of para-hydroxylation sites is 1. The highest BCUT2D eigenvalue weighted by Gasteiger charge is 2.14. The molecule has 4 nitrogen and oxygen atoms in total. The SMILES string of the molecule is O=C(NNc1ccccc1)c1c(O)ccc2ccccc12. The summed E-state index contributed by atoms with van der Waals surface area (Å²) >= 11 is 0. The van der Waals surface area contributed by atoms with E-state index in [2.05, 4.69) is 10.9 Å². The molecule has 0 spiro atoms. The molecular weight excluding hydrogens is 264 g/mol. The summed E-state index contributed by atoms with van der Waals surface area (Å²) in [7, 11) is 0. The molecule has 0 saturated carbocycles. The van der Waals surface area contributed by atoms with Crippen LogP contribution in [0.1, 0.15) is 10.4 Å². The minimum Gasteiger partial charge on any atom is -0.507 e. The molecule has 3 N–H and O–H groups in total. The molecule has 0 fully saturated rings. The van der Waals surface area contributed by atoms with Gasteiger partial charge in [0.2, 0.25) is 0 Å². The van der Waals surface area contributed by atoms with Crippen LogP contribution < -0.4 is 10.9 Å². The van der Waals surface area contributed by atoms with Gasteiger partial charge in [-0.15, -0.1) is 0 Å². The number of carbonyl (C=O) groups is 1. The van der Waals surface area contributed by atoms with Crippen LogP contribution in [0.25, 0.3) is 10.8 Å². The van der Waals surface area contributed by atoms with Gasteiger partial charge in [0.25, 0.3) is 5.91 Å². The lowest BCUT2D eigenvalue weighted by atomic mass is 10.0. The summed E-state index contributed by atoms with van der Waals surface area (Å²) in [5, 5.41) is 11.6. The number of hydrazine groups is 1. The molecule has 0 atom stereocenters. The summed E-state index contributed by atoms with van der Waals surface area (Å²) < 4.78 is 0. The van der Waals surface area contributed by atoms with Gasteiger partial charge in [-0.25, -0.2) is 0 Å². The van der Waals surface area contributed by atoms with Crippen molar-refractivity contribution in [3.63, 3.8) is 0 Å². The number of hydrogen-bond acceptors (Lipinski definition) is 3.